The standard InChI is InChI=1S/C19H30N2O/c1-12-8-7-11-17(15(12)4)20-16(5)19(22)21-18-13(2)9-6-10-14(18)3/h6,9-10,12,15-17,20H,7-8,11H2,1-5H3,(H,21,22). The van der Waals surface area contributed by atoms with Crippen molar-refractivity contribution in [1.29, 1.82) is 0 Å². The van der Waals surface area contributed by atoms with Crippen molar-refractivity contribution in [2.24, 2.45) is 11.8 Å². The van der Waals surface area contributed by atoms with Crippen LogP contribution in [0.2, 0.25) is 0 Å². The quantitative estimate of drug-likeness (QED) is 0.881. The summed E-state index contributed by atoms with van der Waals surface area (Å²) in [5.74, 6) is 1.42. The zero-order valence-corrected chi connectivity index (χ0v) is 14.6. The summed E-state index contributed by atoms with van der Waals surface area (Å²) in [5, 5.41) is 6.64. The molecule has 3 nitrogen and oxygen atoms in total. The second-order valence-electron chi connectivity index (χ2n) is 7.02. The van der Waals surface area contributed by atoms with Crippen LogP contribution in [0.5, 0.6) is 0 Å². The number of benzene rings is 1. The van der Waals surface area contributed by atoms with Crippen molar-refractivity contribution in [3.05, 3.63) is 29.3 Å². The predicted octanol–water partition coefficient (Wildman–Crippen LogP) is 4.04. The van der Waals surface area contributed by atoms with E-state index < -0.39 is 0 Å². The number of nitrogens with one attached hydrogen (secondary N) is 2. The van der Waals surface area contributed by atoms with Gasteiger partial charge >= 0.3 is 0 Å². The number of hydrogen-bond donors (Lipinski definition) is 2. The Bertz CT molecular complexity index is 506. The zero-order valence-electron chi connectivity index (χ0n) is 14.6. The Balaban J connectivity index is 1.97. The number of hydrogen-bond acceptors (Lipinski definition) is 2. The first-order valence-electron chi connectivity index (χ1n) is 8.53. The molecule has 1 aliphatic rings. The molecule has 4 unspecified atom stereocenters. The molecule has 1 aromatic carbocycles. The summed E-state index contributed by atoms with van der Waals surface area (Å²) in [6.07, 6.45) is 3.74. The molecule has 22 heavy (non-hydrogen) atoms. The Kier molecular flexibility index (Phi) is 5.63. The molecule has 1 fully saturated rings. The van der Waals surface area contributed by atoms with Crippen LogP contribution in [0, 0.1) is 25.7 Å². The van der Waals surface area contributed by atoms with Gasteiger partial charge < -0.3 is 10.6 Å². The third kappa shape index (κ3) is 3.89. The van der Waals surface area contributed by atoms with E-state index in [0.717, 1.165) is 22.7 Å². The second-order valence-corrected chi connectivity index (χ2v) is 7.02. The number of carbonyl (C=O) groups excluding carboxylic acids is 1. The first-order chi connectivity index (χ1) is 10.4. The van der Waals surface area contributed by atoms with E-state index in [-0.39, 0.29) is 11.9 Å². The Morgan fingerprint density at radius 3 is 2.45 bits per heavy atom. The van der Waals surface area contributed by atoms with Crippen LogP contribution in [0.15, 0.2) is 18.2 Å². The number of para-hydroxylation sites is 1. The summed E-state index contributed by atoms with van der Waals surface area (Å²) in [6.45, 7) is 10.7. The molecule has 1 aromatic rings. The van der Waals surface area contributed by atoms with Crippen molar-refractivity contribution in [2.75, 3.05) is 5.32 Å². The topological polar surface area (TPSA) is 41.1 Å². The minimum absolute atomic E-state index is 0.0582. The Hall–Kier alpha value is -1.35. The first-order valence-corrected chi connectivity index (χ1v) is 8.53. The number of anilines is 1. The predicted molar refractivity (Wildman–Crippen MR) is 93.1 cm³/mol. The molecule has 1 saturated carbocycles. The molecule has 1 amide bonds. The highest BCUT2D eigenvalue weighted by molar-refractivity contribution is 5.95. The van der Waals surface area contributed by atoms with Gasteiger partial charge in [-0.1, -0.05) is 44.9 Å². The minimum Gasteiger partial charge on any atom is -0.324 e. The number of rotatable bonds is 4. The largest absolute Gasteiger partial charge is 0.324 e. The molecule has 0 radical (unpaired) electrons. The molecule has 1 aliphatic carbocycles. The summed E-state index contributed by atoms with van der Waals surface area (Å²) in [6, 6.07) is 6.36. The highest BCUT2D eigenvalue weighted by atomic mass is 16.2. The number of amides is 1. The van der Waals surface area contributed by atoms with Crippen LogP contribution in [-0.4, -0.2) is 18.0 Å². The van der Waals surface area contributed by atoms with Crippen molar-refractivity contribution in [2.45, 2.75) is 66.0 Å². The van der Waals surface area contributed by atoms with Gasteiger partial charge in [-0.2, -0.15) is 0 Å². The third-order valence-corrected chi connectivity index (χ3v) is 5.29. The van der Waals surface area contributed by atoms with Crippen molar-refractivity contribution in [1.82, 2.24) is 5.32 Å². The highest BCUT2D eigenvalue weighted by Crippen LogP contribution is 2.29. The van der Waals surface area contributed by atoms with Gasteiger partial charge in [0, 0.05) is 11.7 Å². The molecule has 2 rings (SSSR count). The minimum atomic E-state index is -0.170. The van der Waals surface area contributed by atoms with Crippen LogP contribution >= 0.6 is 0 Å². The molecular weight excluding hydrogens is 272 g/mol. The molecule has 0 spiro atoms. The van der Waals surface area contributed by atoms with Crippen molar-refractivity contribution in [3.63, 3.8) is 0 Å². The maximum absolute atomic E-state index is 12.5. The van der Waals surface area contributed by atoms with E-state index in [2.05, 4.69) is 24.5 Å². The summed E-state index contributed by atoms with van der Waals surface area (Å²) < 4.78 is 0. The molecule has 0 saturated heterocycles. The molecule has 2 N–H and O–H groups in total. The fraction of sp³-hybridized carbons (Fsp3) is 0.632. The van der Waals surface area contributed by atoms with E-state index in [4.69, 9.17) is 0 Å². The molecule has 0 aromatic heterocycles. The van der Waals surface area contributed by atoms with Crippen LogP contribution in [-0.2, 0) is 4.79 Å². The lowest BCUT2D eigenvalue weighted by Crippen LogP contribution is -2.49. The van der Waals surface area contributed by atoms with E-state index in [1.807, 2.05) is 39.0 Å². The molecule has 3 heteroatoms. The van der Waals surface area contributed by atoms with E-state index in [0.29, 0.717) is 12.0 Å². The second kappa shape index (κ2) is 7.28. The van der Waals surface area contributed by atoms with Gasteiger partial charge in [-0.05, 0) is 50.2 Å². The van der Waals surface area contributed by atoms with Crippen molar-refractivity contribution >= 4 is 11.6 Å². The normalized spacial score (nSPS) is 26.5. The van der Waals surface area contributed by atoms with Gasteiger partial charge in [0.25, 0.3) is 0 Å². The summed E-state index contributed by atoms with van der Waals surface area (Å²) in [4.78, 5) is 12.5. The fourth-order valence-corrected chi connectivity index (χ4v) is 3.46. The van der Waals surface area contributed by atoms with Crippen LogP contribution in [0.3, 0.4) is 0 Å². The van der Waals surface area contributed by atoms with E-state index >= 15 is 0 Å². The first kappa shape index (κ1) is 17.0. The van der Waals surface area contributed by atoms with Crippen LogP contribution in [0.25, 0.3) is 0 Å². The molecule has 4 atom stereocenters. The van der Waals surface area contributed by atoms with E-state index in [1.54, 1.807) is 0 Å². The smallest absolute Gasteiger partial charge is 0.241 e. The van der Waals surface area contributed by atoms with E-state index in [9.17, 15) is 4.79 Å². The Morgan fingerprint density at radius 2 is 1.82 bits per heavy atom. The fourth-order valence-electron chi connectivity index (χ4n) is 3.46. The third-order valence-electron chi connectivity index (χ3n) is 5.29. The van der Waals surface area contributed by atoms with Crippen LogP contribution < -0.4 is 10.6 Å². The van der Waals surface area contributed by atoms with Gasteiger partial charge in [0.05, 0.1) is 6.04 Å². The van der Waals surface area contributed by atoms with Crippen LogP contribution in [0.4, 0.5) is 5.69 Å². The summed E-state index contributed by atoms with van der Waals surface area (Å²) in [5.41, 5.74) is 3.17. The summed E-state index contributed by atoms with van der Waals surface area (Å²) in [7, 11) is 0. The lowest BCUT2D eigenvalue weighted by atomic mass is 9.78. The van der Waals surface area contributed by atoms with Crippen molar-refractivity contribution in [3.8, 4) is 0 Å². The average Bonchev–Trinajstić information content (AvgIpc) is 2.47. The van der Waals surface area contributed by atoms with E-state index in [1.165, 1.54) is 19.3 Å². The molecule has 0 bridgehead atoms. The van der Waals surface area contributed by atoms with Crippen LogP contribution in [0.1, 0.15) is 51.2 Å². The highest BCUT2D eigenvalue weighted by Gasteiger charge is 2.29. The molecule has 0 aliphatic heterocycles. The molecule has 122 valence electrons. The zero-order chi connectivity index (χ0) is 16.3. The molecular formula is C19H30N2O. The monoisotopic (exact) mass is 302 g/mol. The Morgan fingerprint density at radius 1 is 1.18 bits per heavy atom. The summed E-state index contributed by atoms with van der Waals surface area (Å²) >= 11 is 0. The van der Waals surface area contributed by atoms with Gasteiger partial charge in [-0.15, -0.1) is 0 Å². The average molecular weight is 302 g/mol. The number of aryl methyl sites for hydroxylation is 2. The van der Waals surface area contributed by atoms with Crippen molar-refractivity contribution < 1.29 is 4.79 Å². The molecule has 0 heterocycles. The van der Waals surface area contributed by atoms with Gasteiger partial charge in [0.2, 0.25) is 5.91 Å². The lowest BCUT2D eigenvalue weighted by Gasteiger charge is -2.36. The van der Waals surface area contributed by atoms with Gasteiger partial charge in [0.1, 0.15) is 0 Å². The SMILES string of the molecule is Cc1cccc(C)c1NC(=O)C(C)NC1CCCC(C)C1C. The van der Waals surface area contributed by atoms with Gasteiger partial charge in [-0.25, -0.2) is 0 Å². The Labute approximate surface area is 134 Å². The van der Waals surface area contributed by atoms with Gasteiger partial charge in [0.15, 0.2) is 0 Å². The number of carbonyl (C=O) groups is 1. The maximum Gasteiger partial charge on any atom is 0.241 e. The lowest BCUT2D eigenvalue weighted by molar-refractivity contribution is -0.118. The maximum atomic E-state index is 12.5. The van der Waals surface area contributed by atoms with Gasteiger partial charge in [-0.3, -0.25) is 4.79 Å².